The average molecular weight is 277 g/mol. The van der Waals surface area contributed by atoms with Gasteiger partial charge in [-0.2, -0.15) is 0 Å². The van der Waals surface area contributed by atoms with E-state index in [9.17, 15) is 4.79 Å². The Balaban J connectivity index is 1.78. The van der Waals surface area contributed by atoms with E-state index in [1.165, 1.54) is 0 Å². The van der Waals surface area contributed by atoms with Crippen molar-refractivity contribution >= 4 is 11.9 Å². The molecule has 3 N–H and O–H groups in total. The molecule has 0 bridgehead atoms. The molecule has 20 heavy (non-hydrogen) atoms. The maximum atomic E-state index is 11.9. The molecule has 1 aliphatic rings. The third-order valence-electron chi connectivity index (χ3n) is 3.72. The second-order valence-electron chi connectivity index (χ2n) is 5.30. The number of aromatic nitrogens is 2. The summed E-state index contributed by atoms with van der Waals surface area (Å²) in [7, 11) is 0. The van der Waals surface area contributed by atoms with E-state index in [4.69, 9.17) is 5.73 Å². The van der Waals surface area contributed by atoms with Crippen LogP contribution < -0.4 is 16.0 Å². The SMILES string of the molecule is CC(CCN)C(=O)NC1CCN(c2ncccn2)CC1. The predicted octanol–water partition coefficient (Wildman–Crippen LogP) is 0.547. The lowest BCUT2D eigenvalue weighted by molar-refractivity contribution is -0.125. The van der Waals surface area contributed by atoms with Gasteiger partial charge in [0.15, 0.2) is 0 Å². The summed E-state index contributed by atoms with van der Waals surface area (Å²) in [6, 6.07) is 2.07. The van der Waals surface area contributed by atoms with Gasteiger partial charge in [-0.25, -0.2) is 9.97 Å². The van der Waals surface area contributed by atoms with Crippen LogP contribution in [0.1, 0.15) is 26.2 Å². The van der Waals surface area contributed by atoms with Crippen molar-refractivity contribution in [2.75, 3.05) is 24.5 Å². The van der Waals surface area contributed by atoms with Crippen molar-refractivity contribution in [1.82, 2.24) is 15.3 Å². The minimum absolute atomic E-state index is 0.00418. The van der Waals surface area contributed by atoms with Crippen molar-refractivity contribution in [1.29, 1.82) is 0 Å². The fourth-order valence-corrected chi connectivity index (χ4v) is 2.40. The van der Waals surface area contributed by atoms with Crippen molar-refractivity contribution in [3.63, 3.8) is 0 Å². The summed E-state index contributed by atoms with van der Waals surface area (Å²) < 4.78 is 0. The number of carbonyl (C=O) groups excluding carboxylic acids is 1. The molecule has 0 radical (unpaired) electrons. The number of anilines is 1. The predicted molar refractivity (Wildman–Crippen MR) is 78.2 cm³/mol. The van der Waals surface area contributed by atoms with Gasteiger partial charge in [-0.3, -0.25) is 4.79 Å². The van der Waals surface area contributed by atoms with Crippen LogP contribution in [0.15, 0.2) is 18.5 Å². The van der Waals surface area contributed by atoms with Crippen LogP contribution in [0.5, 0.6) is 0 Å². The van der Waals surface area contributed by atoms with E-state index in [1.807, 2.05) is 13.0 Å². The summed E-state index contributed by atoms with van der Waals surface area (Å²) in [5.41, 5.74) is 5.48. The number of amides is 1. The van der Waals surface area contributed by atoms with Crippen LogP contribution in [0.4, 0.5) is 5.95 Å². The highest BCUT2D eigenvalue weighted by molar-refractivity contribution is 5.78. The van der Waals surface area contributed by atoms with Crippen LogP contribution in [0.25, 0.3) is 0 Å². The molecular weight excluding hydrogens is 254 g/mol. The lowest BCUT2D eigenvalue weighted by atomic mass is 10.0. The van der Waals surface area contributed by atoms with E-state index in [0.29, 0.717) is 6.54 Å². The Morgan fingerprint density at radius 2 is 2.10 bits per heavy atom. The molecule has 1 unspecified atom stereocenters. The lowest BCUT2D eigenvalue weighted by Crippen LogP contribution is -2.46. The minimum Gasteiger partial charge on any atom is -0.353 e. The van der Waals surface area contributed by atoms with Gasteiger partial charge >= 0.3 is 0 Å². The summed E-state index contributed by atoms with van der Waals surface area (Å²) in [4.78, 5) is 22.6. The first kappa shape index (κ1) is 14.7. The van der Waals surface area contributed by atoms with E-state index in [2.05, 4.69) is 20.2 Å². The number of nitrogens with two attached hydrogens (primary N) is 1. The Kier molecular flexibility index (Phi) is 5.29. The van der Waals surface area contributed by atoms with E-state index in [1.54, 1.807) is 12.4 Å². The molecule has 0 spiro atoms. The van der Waals surface area contributed by atoms with Crippen molar-refractivity contribution < 1.29 is 4.79 Å². The van der Waals surface area contributed by atoms with E-state index >= 15 is 0 Å². The zero-order valence-electron chi connectivity index (χ0n) is 12.0. The zero-order valence-corrected chi connectivity index (χ0v) is 12.0. The molecule has 2 heterocycles. The van der Waals surface area contributed by atoms with E-state index in [-0.39, 0.29) is 17.9 Å². The molecule has 1 fully saturated rings. The number of piperidine rings is 1. The molecule has 0 aliphatic carbocycles. The maximum Gasteiger partial charge on any atom is 0.225 e. The molecular formula is C14H23N5O. The van der Waals surface area contributed by atoms with Gasteiger partial charge < -0.3 is 16.0 Å². The van der Waals surface area contributed by atoms with Crippen LogP contribution in [-0.4, -0.2) is 41.6 Å². The second-order valence-corrected chi connectivity index (χ2v) is 5.30. The molecule has 6 nitrogen and oxygen atoms in total. The number of nitrogens with one attached hydrogen (secondary N) is 1. The summed E-state index contributed by atoms with van der Waals surface area (Å²) in [5.74, 6) is 0.883. The third kappa shape index (κ3) is 3.90. The number of nitrogens with zero attached hydrogens (tertiary/aromatic N) is 3. The Labute approximate surface area is 119 Å². The largest absolute Gasteiger partial charge is 0.353 e. The molecule has 6 heteroatoms. The Morgan fingerprint density at radius 1 is 1.45 bits per heavy atom. The molecule has 110 valence electrons. The maximum absolute atomic E-state index is 11.9. The third-order valence-corrected chi connectivity index (χ3v) is 3.72. The monoisotopic (exact) mass is 277 g/mol. The average Bonchev–Trinajstić information content (AvgIpc) is 2.49. The van der Waals surface area contributed by atoms with Crippen molar-refractivity contribution in [3.8, 4) is 0 Å². The molecule has 0 saturated carbocycles. The molecule has 0 aromatic carbocycles. The smallest absolute Gasteiger partial charge is 0.225 e. The summed E-state index contributed by atoms with van der Waals surface area (Å²) in [6.45, 7) is 4.23. The first-order valence-corrected chi connectivity index (χ1v) is 7.23. The van der Waals surface area contributed by atoms with E-state index in [0.717, 1.165) is 38.3 Å². The molecule has 1 aliphatic heterocycles. The number of rotatable bonds is 5. The highest BCUT2D eigenvalue weighted by Crippen LogP contribution is 2.15. The van der Waals surface area contributed by atoms with Crippen LogP contribution in [0, 0.1) is 5.92 Å². The normalized spacial score (nSPS) is 17.8. The lowest BCUT2D eigenvalue weighted by Gasteiger charge is -2.32. The molecule has 1 aromatic heterocycles. The van der Waals surface area contributed by atoms with Crippen molar-refractivity contribution in [3.05, 3.63) is 18.5 Å². The summed E-state index contributed by atoms with van der Waals surface area (Å²) in [5, 5.41) is 3.11. The number of hydrogen-bond acceptors (Lipinski definition) is 5. The van der Waals surface area contributed by atoms with Gasteiger partial charge in [0.05, 0.1) is 0 Å². The quantitative estimate of drug-likeness (QED) is 0.821. The first-order valence-electron chi connectivity index (χ1n) is 7.23. The van der Waals surface area contributed by atoms with Crippen molar-refractivity contribution in [2.24, 2.45) is 11.7 Å². The second kappa shape index (κ2) is 7.19. The van der Waals surface area contributed by atoms with Crippen molar-refractivity contribution in [2.45, 2.75) is 32.2 Å². The zero-order chi connectivity index (χ0) is 14.4. The Hall–Kier alpha value is -1.69. The summed E-state index contributed by atoms with van der Waals surface area (Å²) >= 11 is 0. The van der Waals surface area contributed by atoms with Gasteiger partial charge in [-0.15, -0.1) is 0 Å². The van der Waals surface area contributed by atoms with Crippen LogP contribution in [0.3, 0.4) is 0 Å². The summed E-state index contributed by atoms with van der Waals surface area (Å²) in [6.07, 6.45) is 6.11. The minimum atomic E-state index is -0.00418. The number of carbonyl (C=O) groups is 1. The van der Waals surface area contributed by atoms with Gasteiger partial charge in [-0.1, -0.05) is 6.92 Å². The van der Waals surface area contributed by atoms with Crippen LogP contribution >= 0.6 is 0 Å². The topological polar surface area (TPSA) is 84.1 Å². The van der Waals surface area contributed by atoms with Gasteiger partial charge in [0.1, 0.15) is 0 Å². The first-order chi connectivity index (χ1) is 9.70. The van der Waals surface area contributed by atoms with Crippen LogP contribution in [-0.2, 0) is 4.79 Å². The fourth-order valence-electron chi connectivity index (χ4n) is 2.40. The Bertz CT molecular complexity index is 417. The highest BCUT2D eigenvalue weighted by atomic mass is 16.1. The van der Waals surface area contributed by atoms with Gasteiger partial charge in [0.25, 0.3) is 0 Å². The Morgan fingerprint density at radius 3 is 2.70 bits per heavy atom. The molecule has 1 saturated heterocycles. The molecule has 1 aromatic rings. The standard InChI is InChI=1S/C14H23N5O/c1-11(3-6-15)13(20)18-12-4-9-19(10-5-12)14-16-7-2-8-17-14/h2,7-8,11-12H,3-6,9-10,15H2,1H3,(H,18,20). The van der Waals surface area contributed by atoms with Gasteiger partial charge in [0.2, 0.25) is 11.9 Å². The number of hydrogen-bond donors (Lipinski definition) is 2. The van der Waals surface area contributed by atoms with Crippen LogP contribution in [0.2, 0.25) is 0 Å². The van der Waals surface area contributed by atoms with Gasteiger partial charge in [0, 0.05) is 37.4 Å². The molecule has 1 atom stereocenters. The molecule has 2 rings (SSSR count). The highest BCUT2D eigenvalue weighted by Gasteiger charge is 2.23. The molecule has 1 amide bonds. The van der Waals surface area contributed by atoms with Gasteiger partial charge in [-0.05, 0) is 31.9 Å². The van der Waals surface area contributed by atoms with E-state index < -0.39 is 0 Å². The fraction of sp³-hybridized carbons (Fsp3) is 0.643.